The van der Waals surface area contributed by atoms with E-state index in [9.17, 15) is 9.90 Å². The summed E-state index contributed by atoms with van der Waals surface area (Å²) in [6.07, 6.45) is 0.667. The van der Waals surface area contributed by atoms with Crippen molar-refractivity contribution in [2.75, 3.05) is 14.2 Å². The molecule has 0 heterocycles. The van der Waals surface area contributed by atoms with Gasteiger partial charge in [-0.05, 0) is 12.0 Å². The van der Waals surface area contributed by atoms with E-state index in [0.29, 0.717) is 6.42 Å². The van der Waals surface area contributed by atoms with E-state index in [1.807, 2.05) is 30.3 Å². The molecule has 6 heteroatoms. The highest BCUT2D eigenvalue weighted by Gasteiger charge is 2.33. The number of nitrogens with zero attached hydrogens (tertiary/aromatic N) is 1. The first-order valence-electron chi connectivity index (χ1n) is 5.35. The molecule has 1 aromatic rings. The predicted octanol–water partition coefficient (Wildman–Crippen LogP) is 0.708. The van der Waals surface area contributed by atoms with Crippen LogP contribution in [0.2, 0.25) is 0 Å². The summed E-state index contributed by atoms with van der Waals surface area (Å²) in [5.74, 6) is -0.657. The molecule has 1 amide bonds. The second-order valence-electron chi connectivity index (χ2n) is 3.90. The van der Waals surface area contributed by atoms with Crippen LogP contribution in [-0.2, 0) is 16.1 Å². The molecule has 5 nitrogen and oxygen atoms in total. The molecule has 1 rings (SSSR count). The number of rotatable bonds is 5. The molecular formula is C12H19ClN2O3. The number of hydroxylamine groups is 2. The van der Waals surface area contributed by atoms with Crippen LogP contribution in [0.4, 0.5) is 0 Å². The maximum atomic E-state index is 11.6. The largest absolute Gasteiger partial charge is 0.367 e. The standard InChI is InChI=1S/C12H18N2O3.ClH/c1-14(17-2)11(15)12(13,16)9-8-10-6-4-3-5-7-10;/h3-7,16H,8-9,13H2,1-2H3;1H/t12-;/m1./s1. The zero-order valence-corrected chi connectivity index (χ0v) is 11.3. The fourth-order valence-corrected chi connectivity index (χ4v) is 1.44. The lowest BCUT2D eigenvalue weighted by atomic mass is 10.0. The quantitative estimate of drug-likeness (QED) is 0.612. The first-order chi connectivity index (χ1) is 7.97. The number of aryl methyl sites for hydroxylation is 1. The SMILES string of the molecule is CON(C)C(=O)[C@](N)(O)CCc1ccccc1.Cl. The normalized spacial score (nSPS) is 13.3. The Balaban J connectivity index is 0.00000289. The molecule has 3 N–H and O–H groups in total. The molecule has 0 spiro atoms. The highest BCUT2D eigenvalue weighted by atomic mass is 35.5. The van der Waals surface area contributed by atoms with E-state index >= 15 is 0 Å². The first kappa shape index (κ1) is 16.9. The van der Waals surface area contributed by atoms with E-state index < -0.39 is 11.6 Å². The van der Waals surface area contributed by atoms with Gasteiger partial charge < -0.3 is 5.11 Å². The van der Waals surface area contributed by atoms with Crippen LogP contribution in [0.3, 0.4) is 0 Å². The Kier molecular flexibility index (Phi) is 6.86. The minimum Gasteiger partial charge on any atom is -0.367 e. The molecule has 0 saturated heterocycles. The Hall–Kier alpha value is -1.14. The highest BCUT2D eigenvalue weighted by Crippen LogP contribution is 2.12. The van der Waals surface area contributed by atoms with Crippen molar-refractivity contribution in [3.05, 3.63) is 35.9 Å². The molecule has 0 aliphatic heterocycles. The molecule has 102 valence electrons. The molecule has 1 aromatic carbocycles. The Labute approximate surface area is 113 Å². The van der Waals surface area contributed by atoms with Gasteiger partial charge in [0, 0.05) is 13.5 Å². The smallest absolute Gasteiger partial charge is 0.292 e. The molecule has 0 aliphatic carbocycles. The van der Waals surface area contributed by atoms with Gasteiger partial charge in [-0.2, -0.15) is 0 Å². The summed E-state index contributed by atoms with van der Waals surface area (Å²) in [6.45, 7) is 0. The average Bonchev–Trinajstić information content (AvgIpc) is 2.36. The van der Waals surface area contributed by atoms with Crippen molar-refractivity contribution in [3.63, 3.8) is 0 Å². The predicted molar refractivity (Wildman–Crippen MR) is 70.9 cm³/mol. The van der Waals surface area contributed by atoms with Crippen molar-refractivity contribution in [1.29, 1.82) is 0 Å². The van der Waals surface area contributed by atoms with Crippen molar-refractivity contribution in [1.82, 2.24) is 5.06 Å². The van der Waals surface area contributed by atoms with Gasteiger partial charge >= 0.3 is 0 Å². The number of benzene rings is 1. The van der Waals surface area contributed by atoms with E-state index in [4.69, 9.17) is 10.6 Å². The summed E-state index contributed by atoms with van der Waals surface area (Å²) in [6, 6.07) is 9.53. The van der Waals surface area contributed by atoms with E-state index in [2.05, 4.69) is 0 Å². The number of hydrogen-bond donors (Lipinski definition) is 2. The molecule has 0 aliphatic rings. The third-order valence-electron chi connectivity index (χ3n) is 2.57. The highest BCUT2D eigenvalue weighted by molar-refractivity contribution is 5.85. The Morgan fingerprint density at radius 3 is 2.50 bits per heavy atom. The monoisotopic (exact) mass is 274 g/mol. The summed E-state index contributed by atoms with van der Waals surface area (Å²) in [7, 11) is 2.74. The van der Waals surface area contributed by atoms with Crippen LogP contribution < -0.4 is 5.73 Å². The summed E-state index contributed by atoms with van der Waals surface area (Å²) in [4.78, 5) is 16.3. The van der Waals surface area contributed by atoms with Gasteiger partial charge in [-0.1, -0.05) is 30.3 Å². The number of nitrogens with two attached hydrogens (primary N) is 1. The summed E-state index contributed by atoms with van der Waals surface area (Å²) >= 11 is 0. The molecule has 0 radical (unpaired) electrons. The van der Waals surface area contributed by atoms with E-state index in [1.54, 1.807) is 0 Å². The minimum absolute atomic E-state index is 0. The molecule has 1 atom stereocenters. The maximum Gasteiger partial charge on any atom is 0.292 e. The van der Waals surface area contributed by atoms with Crippen LogP contribution in [0, 0.1) is 0 Å². The van der Waals surface area contributed by atoms with Gasteiger partial charge in [0.05, 0.1) is 7.11 Å². The van der Waals surface area contributed by atoms with Crippen molar-refractivity contribution >= 4 is 18.3 Å². The Morgan fingerprint density at radius 1 is 1.44 bits per heavy atom. The van der Waals surface area contributed by atoms with Crippen molar-refractivity contribution in [3.8, 4) is 0 Å². The van der Waals surface area contributed by atoms with Crippen LogP contribution in [0.25, 0.3) is 0 Å². The number of carbonyl (C=O) groups excluding carboxylic acids is 1. The second kappa shape index (κ2) is 7.33. The third kappa shape index (κ3) is 4.62. The van der Waals surface area contributed by atoms with E-state index in [0.717, 1.165) is 10.6 Å². The first-order valence-corrected chi connectivity index (χ1v) is 5.35. The summed E-state index contributed by atoms with van der Waals surface area (Å²) in [5.41, 5.74) is 4.68. The summed E-state index contributed by atoms with van der Waals surface area (Å²) in [5, 5.41) is 10.8. The van der Waals surface area contributed by atoms with E-state index in [1.165, 1.54) is 14.2 Å². The Bertz CT molecular complexity index is 371. The second-order valence-corrected chi connectivity index (χ2v) is 3.90. The number of aliphatic hydroxyl groups is 1. The number of hydrogen-bond acceptors (Lipinski definition) is 4. The average molecular weight is 275 g/mol. The molecule has 18 heavy (non-hydrogen) atoms. The number of halogens is 1. The zero-order valence-electron chi connectivity index (χ0n) is 10.5. The molecule has 0 bridgehead atoms. The number of carbonyl (C=O) groups is 1. The van der Waals surface area contributed by atoms with E-state index in [-0.39, 0.29) is 18.8 Å². The van der Waals surface area contributed by atoms with Crippen molar-refractivity contribution in [2.24, 2.45) is 5.73 Å². The fourth-order valence-electron chi connectivity index (χ4n) is 1.44. The van der Waals surface area contributed by atoms with Crippen molar-refractivity contribution in [2.45, 2.75) is 18.6 Å². The fraction of sp³-hybridized carbons (Fsp3) is 0.417. The maximum absolute atomic E-state index is 11.6. The lowest BCUT2D eigenvalue weighted by Gasteiger charge is -2.26. The van der Waals surface area contributed by atoms with Gasteiger partial charge in [0.1, 0.15) is 0 Å². The van der Waals surface area contributed by atoms with Gasteiger partial charge in [-0.25, -0.2) is 5.06 Å². The van der Waals surface area contributed by atoms with Crippen LogP contribution in [0.1, 0.15) is 12.0 Å². The minimum atomic E-state index is -1.90. The molecule has 0 aromatic heterocycles. The van der Waals surface area contributed by atoms with Crippen LogP contribution >= 0.6 is 12.4 Å². The Morgan fingerprint density at radius 2 is 2.00 bits per heavy atom. The lowest BCUT2D eigenvalue weighted by molar-refractivity contribution is -0.188. The van der Waals surface area contributed by atoms with Gasteiger partial charge in [0.25, 0.3) is 5.91 Å². The van der Waals surface area contributed by atoms with Gasteiger partial charge in [-0.15, -0.1) is 12.4 Å². The number of amides is 1. The number of likely N-dealkylation sites (N-methyl/N-ethyl adjacent to an activating group) is 1. The van der Waals surface area contributed by atoms with Crippen LogP contribution in [-0.4, -0.2) is 36.0 Å². The lowest BCUT2D eigenvalue weighted by Crippen LogP contribution is -2.54. The molecular weight excluding hydrogens is 256 g/mol. The molecule has 0 fully saturated rings. The molecule has 0 saturated carbocycles. The van der Waals surface area contributed by atoms with Gasteiger partial charge in [-0.3, -0.25) is 15.4 Å². The summed E-state index contributed by atoms with van der Waals surface area (Å²) < 4.78 is 0. The third-order valence-corrected chi connectivity index (χ3v) is 2.57. The van der Waals surface area contributed by atoms with Crippen LogP contribution in [0.5, 0.6) is 0 Å². The topological polar surface area (TPSA) is 75.8 Å². The van der Waals surface area contributed by atoms with Crippen LogP contribution in [0.15, 0.2) is 30.3 Å². The van der Waals surface area contributed by atoms with Gasteiger partial charge in [0.2, 0.25) is 0 Å². The van der Waals surface area contributed by atoms with Crippen molar-refractivity contribution < 1.29 is 14.7 Å². The molecule has 0 unspecified atom stereocenters. The van der Waals surface area contributed by atoms with Gasteiger partial charge in [0.15, 0.2) is 5.72 Å². The zero-order chi connectivity index (χ0) is 12.9.